The van der Waals surface area contributed by atoms with E-state index < -0.39 is 15.8 Å². The maximum atomic E-state index is 13.2. The van der Waals surface area contributed by atoms with Gasteiger partial charge in [0.2, 0.25) is 10.0 Å². The van der Waals surface area contributed by atoms with Crippen molar-refractivity contribution in [3.8, 4) is 10.7 Å². The minimum atomic E-state index is -3.88. The number of nitrogens with zero attached hydrogens (tertiary/aromatic N) is 3. The largest absolute Gasteiger partial charge is 0.346 e. The van der Waals surface area contributed by atoms with Crippen molar-refractivity contribution >= 4 is 33.0 Å². The van der Waals surface area contributed by atoms with E-state index in [1.165, 1.54) is 16.0 Å². The summed E-state index contributed by atoms with van der Waals surface area (Å²) in [5.41, 5.74) is -0.255. The summed E-state index contributed by atoms with van der Waals surface area (Å²) in [6.07, 6.45) is 1.86. The summed E-state index contributed by atoms with van der Waals surface area (Å²) in [4.78, 5) is 13.5. The van der Waals surface area contributed by atoms with Gasteiger partial charge in [-0.05, 0) is 42.5 Å². The van der Waals surface area contributed by atoms with Crippen LogP contribution in [0.2, 0.25) is 5.02 Å². The number of nitrogens with one attached hydrogen (secondary N) is 1. The van der Waals surface area contributed by atoms with Crippen LogP contribution in [0.15, 0.2) is 45.4 Å². The molecule has 0 bridgehead atoms. The van der Waals surface area contributed by atoms with Gasteiger partial charge in [-0.1, -0.05) is 17.7 Å². The first-order valence-electron chi connectivity index (χ1n) is 8.55. The topological polar surface area (TPSA) is 86.0 Å². The lowest BCUT2D eigenvalue weighted by atomic mass is 10.3. The predicted molar refractivity (Wildman–Crippen MR) is 105 cm³/mol. The van der Waals surface area contributed by atoms with E-state index in [9.17, 15) is 17.6 Å². The highest BCUT2D eigenvalue weighted by atomic mass is 35.5. The van der Waals surface area contributed by atoms with Crippen LogP contribution in [0, 0.1) is 5.82 Å². The summed E-state index contributed by atoms with van der Waals surface area (Å²) in [7, 11) is -3.88. The Balaban J connectivity index is 1.52. The van der Waals surface area contributed by atoms with Gasteiger partial charge in [0.05, 0.1) is 21.3 Å². The number of rotatable bonds is 7. The molecule has 0 aliphatic heterocycles. The monoisotopic (exact) mass is 442 g/mol. The Morgan fingerprint density at radius 3 is 2.75 bits per heavy atom. The number of thiophene rings is 1. The van der Waals surface area contributed by atoms with Crippen LogP contribution in [-0.4, -0.2) is 29.3 Å². The van der Waals surface area contributed by atoms with Crippen molar-refractivity contribution < 1.29 is 12.8 Å². The Hall–Kier alpha value is -2.01. The molecule has 1 N–H and O–H groups in total. The quantitative estimate of drug-likeness (QED) is 0.609. The molecule has 0 spiro atoms. The van der Waals surface area contributed by atoms with Crippen molar-refractivity contribution in [1.82, 2.24) is 19.1 Å². The molecule has 0 amide bonds. The van der Waals surface area contributed by atoms with Crippen LogP contribution in [-0.2, 0) is 16.6 Å². The Bertz CT molecular complexity index is 1170. The Morgan fingerprint density at radius 1 is 1.32 bits per heavy atom. The van der Waals surface area contributed by atoms with Crippen LogP contribution in [0.25, 0.3) is 10.7 Å². The highest BCUT2D eigenvalue weighted by Gasteiger charge is 2.30. The molecule has 2 heterocycles. The van der Waals surface area contributed by atoms with Gasteiger partial charge in [-0.2, -0.15) is 0 Å². The Labute approximate surface area is 169 Å². The molecule has 1 fully saturated rings. The normalized spacial score (nSPS) is 14.5. The minimum Gasteiger partial charge on any atom is -0.271 e. The predicted octanol–water partition coefficient (Wildman–Crippen LogP) is 2.88. The van der Waals surface area contributed by atoms with Crippen LogP contribution in [0.1, 0.15) is 18.9 Å². The van der Waals surface area contributed by atoms with E-state index in [0.717, 1.165) is 35.9 Å². The van der Waals surface area contributed by atoms with Gasteiger partial charge < -0.3 is 0 Å². The Morgan fingerprint density at radius 2 is 2.11 bits per heavy atom. The summed E-state index contributed by atoms with van der Waals surface area (Å²) in [5.74, 6) is -0.0884. The van der Waals surface area contributed by atoms with E-state index >= 15 is 0 Å². The summed E-state index contributed by atoms with van der Waals surface area (Å²) < 4.78 is 43.3. The highest BCUT2D eigenvalue weighted by molar-refractivity contribution is 7.89. The molecule has 4 rings (SSSR count). The standard InChI is InChI=1S/C17H16ClFN4O3S2/c18-13-10-12(5-6-14(13)19)28(25,26)20-7-8-22-17(24)23(11-3-4-11)16(21-22)15-2-1-9-27-15/h1-2,5-6,9-11,20H,3-4,7-8H2. The lowest BCUT2D eigenvalue weighted by Crippen LogP contribution is -2.32. The number of halogens is 2. The van der Waals surface area contributed by atoms with Crippen molar-refractivity contribution in [2.75, 3.05) is 6.54 Å². The summed E-state index contributed by atoms with van der Waals surface area (Å²) in [6, 6.07) is 7.11. The van der Waals surface area contributed by atoms with E-state index in [-0.39, 0.29) is 34.7 Å². The molecule has 28 heavy (non-hydrogen) atoms. The number of hydrogen-bond donors (Lipinski definition) is 1. The smallest absolute Gasteiger partial charge is 0.271 e. The van der Waals surface area contributed by atoms with Crippen LogP contribution >= 0.6 is 22.9 Å². The zero-order valence-corrected chi connectivity index (χ0v) is 16.9. The van der Waals surface area contributed by atoms with Gasteiger partial charge in [-0.25, -0.2) is 27.0 Å². The van der Waals surface area contributed by atoms with E-state index in [1.54, 1.807) is 4.57 Å². The van der Waals surface area contributed by atoms with Gasteiger partial charge in [-0.15, -0.1) is 16.4 Å². The molecule has 1 saturated carbocycles. The highest BCUT2D eigenvalue weighted by Crippen LogP contribution is 2.37. The van der Waals surface area contributed by atoms with E-state index in [1.807, 2.05) is 17.5 Å². The van der Waals surface area contributed by atoms with Gasteiger partial charge >= 0.3 is 5.69 Å². The lowest BCUT2D eigenvalue weighted by molar-refractivity contribution is 0.546. The van der Waals surface area contributed by atoms with Gasteiger partial charge in [0.15, 0.2) is 5.82 Å². The van der Waals surface area contributed by atoms with Crippen molar-refractivity contribution in [3.63, 3.8) is 0 Å². The fourth-order valence-corrected chi connectivity index (χ4v) is 4.81. The van der Waals surface area contributed by atoms with Crippen LogP contribution in [0.4, 0.5) is 4.39 Å². The van der Waals surface area contributed by atoms with Gasteiger partial charge in [0, 0.05) is 12.6 Å². The second-order valence-electron chi connectivity index (χ2n) is 6.38. The molecular weight excluding hydrogens is 427 g/mol. The molecule has 1 aromatic carbocycles. The SMILES string of the molecule is O=c1n(CCNS(=O)(=O)c2ccc(F)c(Cl)c2)nc(-c2cccs2)n1C1CC1. The second kappa shape index (κ2) is 7.43. The number of hydrogen-bond acceptors (Lipinski definition) is 5. The molecule has 0 radical (unpaired) electrons. The van der Waals surface area contributed by atoms with Gasteiger partial charge in [-0.3, -0.25) is 4.57 Å². The summed E-state index contributed by atoms with van der Waals surface area (Å²) in [6.45, 7) is 0.0356. The molecule has 3 aromatic rings. The maximum Gasteiger partial charge on any atom is 0.346 e. The first-order valence-corrected chi connectivity index (χ1v) is 11.3. The fourth-order valence-electron chi connectivity index (χ4n) is 2.81. The number of aromatic nitrogens is 3. The van der Waals surface area contributed by atoms with Crippen LogP contribution in [0.3, 0.4) is 0 Å². The van der Waals surface area contributed by atoms with E-state index in [4.69, 9.17) is 11.6 Å². The van der Waals surface area contributed by atoms with E-state index in [2.05, 4.69) is 9.82 Å². The molecule has 2 aromatic heterocycles. The zero-order chi connectivity index (χ0) is 19.9. The van der Waals surface area contributed by atoms with Gasteiger partial charge in [0.1, 0.15) is 5.82 Å². The van der Waals surface area contributed by atoms with Gasteiger partial charge in [0.25, 0.3) is 0 Å². The van der Waals surface area contributed by atoms with Crippen molar-refractivity contribution in [1.29, 1.82) is 0 Å². The molecule has 0 unspecified atom stereocenters. The zero-order valence-electron chi connectivity index (χ0n) is 14.5. The third kappa shape index (κ3) is 3.77. The molecule has 1 aliphatic rings. The first-order chi connectivity index (χ1) is 13.4. The molecule has 11 heteroatoms. The molecular formula is C17H16ClFN4O3S2. The van der Waals surface area contributed by atoms with Crippen LogP contribution < -0.4 is 10.4 Å². The third-order valence-electron chi connectivity index (χ3n) is 4.34. The molecule has 1 aliphatic carbocycles. The van der Waals surface area contributed by atoms with Crippen molar-refractivity contribution in [2.24, 2.45) is 0 Å². The maximum absolute atomic E-state index is 13.2. The van der Waals surface area contributed by atoms with Crippen molar-refractivity contribution in [3.05, 3.63) is 57.0 Å². The average Bonchev–Trinajstić information content (AvgIpc) is 3.22. The second-order valence-corrected chi connectivity index (χ2v) is 9.50. The fraction of sp³-hybridized carbons (Fsp3) is 0.294. The lowest BCUT2D eigenvalue weighted by Gasteiger charge is -2.07. The Kier molecular flexibility index (Phi) is 5.13. The third-order valence-corrected chi connectivity index (χ3v) is 6.96. The number of benzene rings is 1. The van der Waals surface area contributed by atoms with Crippen LogP contribution in [0.5, 0.6) is 0 Å². The molecule has 7 nitrogen and oxygen atoms in total. The summed E-state index contributed by atoms with van der Waals surface area (Å²) >= 11 is 7.15. The minimum absolute atomic E-state index is 0.0389. The number of sulfonamides is 1. The van der Waals surface area contributed by atoms with Crippen molar-refractivity contribution in [2.45, 2.75) is 30.3 Å². The van der Waals surface area contributed by atoms with E-state index in [0.29, 0.717) is 5.82 Å². The first kappa shape index (κ1) is 19.3. The average molecular weight is 443 g/mol. The molecule has 148 valence electrons. The molecule has 0 atom stereocenters. The summed E-state index contributed by atoms with van der Waals surface area (Å²) in [5, 5.41) is 6.04. The molecule has 0 saturated heterocycles.